The minimum atomic E-state index is -0.146. The Hall–Kier alpha value is -1.97. The summed E-state index contributed by atoms with van der Waals surface area (Å²) < 4.78 is 0. The minimum Gasteiger partial charge on any atom is -0.349 e. The number of carbonyl (C=O) groups excluding carboxylic acids is 3. The Bertz CT molecular complexity index is 524. The number of nitrogens with one attached hydrogen (secondary N) is 1. The van der Waals surface area contributed by atoms with E-state index in [1.165, 1.54) is 0 Å². The van der Waals surface area contributed by atoms with Crippen molar-refractivity contribution in [3.05, 3.63) is 35.9 Å². The number of hydrogen-bond donors (Lipinski definition) is 1. The summed E-state index contributed by atoms with van der Waals surface area (Å²) in [4.78, 5) is 35.3. The van der Waals surface area contributed by atoms with Gasteiger partial charge in [-0.05, 0) is 17.9 Å². The number of hydrogen-bond acceptors (Lipinski definition) is 3. The van der Waals surface area contributed by atoms with E-state index in [-0.39, 0.29) is 35.9 Å². The lowest BCUT2D eigenvalue weighted by molar-refractivity contribution is -0.132. The maximum atomic E-state index is 12.1. The molecule has 112 valence electrons. The van der Waals surface area contributed by atoms with Crippen molar-refractivity contribution in [1.29, 1.82) is 0 Å². The Kier molecular flexibility index (Phi) is 5.26. The molecule has 1 aliphatic rings. The fourth-order valence-corrected chi connectivity index (χ4v) is 2.80. The Morgan fingerprint density at radius 2 is 1.95 bits per heavy atom. The zero-order valence-corrected chi connectivity index (χ0v) is 12.3. The van der Waals surface area contributed by atoms with Crippen LogP contribution in [0.15, 0.2) is 30.3 Å². The van der Waals surface area contributed by atoms with Crippen LogP contribution in [0, 0.1) is 11.8 Å². The quantitative estimate of drug-likeness (QED) is 0.900. The van der Waals surface area contributed by atoms with E-state index in [9.17, 15) is 14.4 Å². The van der Waals surface area contributed by atoms with Gasteiger partial charge in [-0.3, -0.25) is 14.4 Å². The van der Waals surface area contributed by atoms with Gasteiger partial charge in [-0.25, -0.2) is 0 Å². The molecule has 0 saturated heterocycles. The first-order valence-electron chi connectivity index (χ1n) is 7.41. The van der Waals surface area contributed by atoms with Gasteiger partial charge >= 0.3 is 0 Å². The lowest BCUT2D eigenvalue weighted by atomic mass is 9.79. The minimum absolute atomic E-state index is 0.00547. The van der Waals surface area contributed by atoms with Crippen LogP contribution in [0.25, 0.3) is 0 Å². The molecule has 1 aromatic rings. The zero-order valence-electron chi connectivity index (χ0n) is 12.3. The van der Waals surface area contributed by atoms with Crippen molar-refractivity contribution in [3.8, 4) is 0 Å². The third kappa shape index (κ3) is 4.52. The number of benzene rings is 1. The fourth-order valence-electron chi connectivity index (χ4n) is 2.80. The number of amides is 1. The van der Waals surface area contributed by atoms with Crippen LogP contribution in [-0.2, 0) is 20.8 Å². The van der Waals surface area contributed by atoms with E-state index in [4.69, 9.17) is 0 Å². The first-order chi connectivity index (χ1) is 10.1. The van der Waals surface area contributed by atoms with Gasteiger partial charge in [0.1, 0.15) is 5.78 Å². The van der Waals surface area contributed by atoms with Crippen molar-refractivity contribution < 1.29 is 14.4 Å². The number of rotatable bonds is 5. The van der Waals surface area contributed by atoms with Crippen molar-refractivity contribution in [3.63, 3.8) is 0 Å². The number of carbonyl (C=O) groups is 3. The summed E-state index contributed by atoms with van der Waals surface area (Å²) in [6.45, 7) is 1.98. The van der Waals surface area contributed by atoms with Crippen molar-refractivity contribution in [1.82, 2.24) is 5.32 Å². The lowest BCUT2D eigenvalue weighted by Gasteiger charge is -2.26. The van der Waals surface area contributed by atoms with E-state index in [1.807, 2.05) is 37.3 Å². The normalized spacial score (nSPS) is 21.9. The van der Waals surface area contributed by atoms with E-state index in [0.29, 0.717) is 25.7 Å². The predicted molar refractivity (Wildman–Crippen MR) is 79.7 cm³/mol. The Morgan fingerprint density at radius 3 is 2.62 bits per heavy atom. The van der Waals surface area contributed by atoms with Crippen LogP contribution in [0.2, 0.25) is 0 Å². The largest absolute Gasteiger partial charge is 0.349 e. The molecule has 1 N–H and O–H groups in total. The first-order valence-corrected chi connectivity index (χ1v) is 7.41. The van der Waals surface area contributed by atoms with Gasteiger partial charge in [0.15, 0.2) is 5.78 Å². The Morgan fingerprint density at radius 1 is 1.24 bits per heavy atom. The van der Waals surface area contributed by atoms with Gasteiger partial charge in [0.2, 0.25) is 5.91 Å². The van der Waals surface area contributed by atoms with Crippen LogP contribution >= 0.6 is 0 Å². The highest BCUT2D eigenvalue weighted by atomic mass is 16.2. The molecule has 21 heavy (non-hydrogen) atoms. The lowest BCUT2D eigenvalue weighted by Crippen LogP contribution is -2.40. The molecule has 0 heterocycles. The van der Waals surface area contributed by atoms with E-state index < -0.39 is 0 Å². The average Bonchev–Trinajstić information content (AvgIpc) is 2.46. The second-order valence-electron chi connectivity index (χ2n) is 5.78. The molecule has 1 aliphatic carbocycles. The van der Waals surface area contributed by atoms with Gasteiger partial charge < -0.3 is 5.32 Å². The van der Waals surface area contributed by atoms with Gasteiger partial charge in [0.05, 0.1) is 6.54 Å². The summed E-state index contributed by atoms with van der Waals surface area (Å²) in [5.74, 6) is 0.0416. The van der Waals surface area contributed by atoms with Crippen molar-refractivity contribution in [2.75, 3.05) is 6.54 Å². The molecule has 0 unspecified atom stereocenters. The fraction of sp³-hybridized carbons (Fsp3) is 0.471. The van der Waals surface area contributed by atoms with Gasteiger partial charge in [-0.1, -0.05) is 37.3 Å². The molecule has 1 aromatic carbocycles. The summed E-state index contributed by atoms with van der Waals surface area (Å²) in [7, 11) is 0. The van der Waals surface area contributed by atoms with Crippen LogP contribution in [0.3, 0.4) is 0 Å². The van der Waals surface area contributed by atoms with Crippen LogP contribution < -0.4 is 5.32 Å². The van der Waals surface area contributed by atoms with Crippen LogP contribution in [0.5, 0.6) is 0 Å². The van der Waals surface area contributed by atoms with Gasteiger partial charge in [-0.15, -0.1) is 0 Å². The summed E-state index contributed by atoms with van der Waals surface area (Å²) >= 11 is 0. The SMILES string of the molecule is C[C@@H]1CC(=O)CC[C@H]1C(=O)NCC(=O)Cc1ccccc1. The van der Waals surface area contributed by atoms with Crippen molar-refractivity contribution in [2.45, 2.75) is 32.6 Å². The molecule has 2 atom stereocenters. The topological polar surface area (TPSA) is 63.2 Å². The third-order valence-corrected chi connectivity index (χ3v) is 4.01. The summed E-state index contributed by atoms with van der Waals surface area (Å²) in [5, 5.41) is 2.72. The summed E-state index contributed by atoms with van der Waals surface area (Å²) in [6.07, 6.45) is 1.87. The number of ketones is 2. The first kappa shape index (κ1) is 15.4. The maximum absolute atomic E-state index is 12.1. The highest BCUT2D eigenvalue weighted by Gasteiger charge is 2.31. The highest BCUT2D eigenvalue weighted by Crippen LogP contribution is 2.27. The van der Waals surface area contributed by atoms with E-state index in [0.717, 1.165) is 5.56 Å². The Labute approximate surface area is 124 Å². The van der Waals surface area contributed by atoms with E-state index >= 15 is 0 Å². The molecule has 0 radical (unpaired) electrons. The predicted octanol–water partition coefficient (Wildman–Crippen LogP) is 1.92. The standard InChI is InChI=1S/C17H21NO3/c1-12-9-14(19)7-8-16(12)17(21)18-11-15(20)10-13-5-3-2-4-6-13/h2-6,12,16H,7-11H2,1H3,(H,18,21)/t12-,16-/m1/s1. The zero-order chi connectivity index (χ0) is 15.2. The van der Waals surface area contributed by atoms with E-state index in [1.54, 1.807) is 0 Å². The second kappa shape index (κ2) is 7.16. The summed E-state index contributed by atoms with van der Waals surface area (Å²) in [6, 6.07) is 9.48. The molecule has 1 fully saturated rings. The van der Waals surface area contributed by atoms with Crippen molar-refractivity contribution in [2.24, 2.45) is 11.8 Å². The highest BCUT2D eigenvalue weighted by molar-refractivity contribution is 5.89. The smallest absolute Gasteiger partial charge is 0.223 e. The van der Waals surface area contributed by atoms with Crippen LogP contribution in [-0.4, -0.2) is 24.0 Å². The molecular weight excluding hydrogens is 266 g/mol. The molecule has 4 nitrogen and oxygen atoms in total. The maximum Gasteiger partial charge on any atom is 0.223 e. The van der Waals surface area contributed by atoms with Gasteiger partial charge in [-0.2, -0.15) is 0 Å². The second-order valence-corrected chi connectivity index (χ2v) is 5.78. The van der Waals surface area contributed by atoms with Gasteiger partial charge in [0, 0.05) is 25.2 Å². The molecule has 1 saturated carbocycles. The molecule has 1 amide bonds. The molecule has 0 bridgehead atoms. The van der Waals surface area contributed by atoms with Crippen molar-refractivity contribution >= 4 is 17.5 Å². The molecule has 2 rings (SSSR count). The van der Waals surface area contributed by atoms with Crippen LogP contribution in [0.1, 0.15) is 31.7 Å². The van der Waals surface area contributed by atoms with Gasteiger partial charge in [0.25, 0.3) is 0 Å². The third-order valence-electron chi connectivity index (χ3n) is 4.01. The molecule has 0 spiro atoms. The molecule has 4 heteroatoms. The monoisotopic (exact) mass is 287 g/mol. The van der Waals surface area contributed by atoms with E-state index in [2.05, 4.69) is 5.32 Å². The molecular formula is C17H21NO3. The Balaban J connectivity index is 1.78. The van der Waals surface area contributed by atoms with Crippen LogP contribution in [0.4, 0.5) is 0 Å². The molecule has 0 aliphatic heterocycles. The molecule has 0 aromatic heterocycles. The number of Topliss-reactive ketones (excluding diaryl/α,β-unsaturated/α-hetero) is 2. The average molecular weight is 287 g/mol. The summed E-state index contributed by atoms with van der Waals surface area (Å²) in [5.41, 5.74) is 0.952.